The second-order valence-corrected chi connectivity index (χ2v) is 8.40. The van der Waals surface area contributed by atoms with Crippen molar-refractivity contribution < 1.29 is 17.9 Å². The molecule has 1 aliphatic heterocycles. The smallest absolute Gasteiger partial charge is 0.205 e. The highest BCUT2D eigenvalue weighted by atomic mass is 35.5. The molecule has 0 amide bonds. The summed E-state index contributed by atoms with van der Waals surface area (Å²) in [4.78, 5) is 11.0. The number of piperazine rings is 1. The van der Waals surface area contributed by atoms with Crippen molar-refractivity contribution >= 4 is 34.2 Å². The van der Waals surface area contributed by atoms with Crippen LogP contribution in [0.2, 0.25) is 5.02 Å². The molecule has 7 nitrogen and oxygen atoms in total. The van der Waals surface area contributed by atoms with Crippen LogP contribution < -0.4 is 20.7 Å². The summed E-state index contributed by atoms with van der Waals surface area (Å²) < 4.78 is 40.1. The summed E-state index contributed by atoms with van der Waals surface area (Å²) in [5.41, 5.74) is 7.99. The summed E-state index contributed by atoms with van der Waals surface area (Å²) in [5, 5.41) is 3.65. The van der Waals surface area contributed by atoms with E-state index in [4.69, 9.17) is 26.5 Å². The molecule has 4 aromatic rings. The number of benzene rings is 1. The summed E-state index contributed by atoms with van der Waals surface area (Å²) >= 11 is 6.00. The number of halogens is 3. The van der Waals surface area contributed by atoms with Gasteiger partial charge in [-0.2, -0.15) is 0 Å². The summed E-state index contributed by atoms with van der Waals surface area (Å²) in [7, 11) is 0. The minimum absolute atomic E-state index is 0.0596. The van der Waals surface area contributed by atoms with Crippen molar-refractivity contribution in [2.75, 3.05) is 36.8 Å². The molecule has 3 aromatic heterocycles. The molecule has 0 unspecified atom stereocenters. The minimum atomic E-state index is -0.952. The first-order chi connectivity index (χ1) is 16.4. The van der Waals surface area contributed by atoms with Gasteiger partial charge in [-0.15, -0.1) is 0 Å². The molecule has 0 bridgehead atoms. The highest BCUT2D eigenvalue weighted by Crippen LogP contribution is 2.41. The van der Waals surface area contributed by atoms with Crippen molar-refractivity contribution in [3.63, 3.8) is 0 Å². The van der Waals surface area contributed by atoms with Gasteiger partial charge in [0.2, 0.25) is 5.75 Å². The van der Waals surface area contributed by atoms with E-state index in [2.05, 4.69) is 20.2 Å². The Bertz CT molecular complexity index is 1360. The number of anilines is 2. The van der Waals surface area contributed by atoms with E-state index in [1.54, 1.807) is 25.6 Å². The molecular weight excluding hydrogens is 464 g/mol. The average molecular weight is 486 g/mol. The van der Waals surface area contributed by atoms with Gasteiger partial charge >= 0.3 is 0 Å². The van der Waals surface area contributed by atoms with Gasteiger partial charge in [-0.3, -0.25) is 0 Å². The van der Waals surface area contributed by atoms with Crippen molar-refractivity contribution in [1.29, 1.82) is 0 Å². The third kappa shape index (κ3) is 4.01. The van der Waals surface area contributed by atoms with Gasteiger partial charge in [0.05, 0.1) is 16.7 Å². The van der Waals surface area contributed by atoms with Crippen molar-refractivity contribution in [3.8, 4) is 16.9 Å². The van der Waals surface area contributed by atoms with Crippen LogP contribution in [0.25, 0.3) is 22.1 Å². The first kappa shape index (κ1) is 22.4. The predicted octanol–water partition coefficient (Wildman–Crippen LogP) is 4.95. The quantitative estimate of drug-likeness (QED) is 0.386. The van der Waals surface area contributed by atoms with Gasteiger partial charge in [0.25, 0.3) is 0 Å². The summed E-state index contributed by atoms with van der Waals surface area (Å²) in [6.07, 6.45) is 3.99. The van der Waals surface area contributed by atoms with E-state index in [9.17, 15) is 8.78 Å². The lowest BCUT2D eigenvalue weighted by molar-refractivity contribution is 0.221. The molecule has 1 fully saturated rings. The fraction of sp³-hybridized carbons (Fsp3) is 0.250. The Morgan fingerprint density at radius 3 is 2.74 bits per heavy atom. The first-order valence-corrected chi connectivity index (χ1v) is 11.2. The Morgan fingerprint density at radius 2 is 1.94 bits per heavy atom. The molecule has 1 saturated heterocycles. The molecule has 34 heavy (non-hydrogen) atoms. The standard InChI is InChI=1S/C24H22ClF2N5O2/c1-13(20-17(26)2-3-18(27)21(20)25)34-23-22-15(11-31-24(23)28)16(12-33-22)14-4-5-30-19(10-14)32-8-6-29-7-9-32/h2-5,10-13,29H,6-9H2,1H3,(H2,28,31)/t13-/m1/s1. The number of hydrogen-bond donors (Lipinski definition) is 2. The van der Waals surface area contributed by atoms with Gasteiger partial charge in [0, 0.05) is 49.7 Å². The molecule has 0 radical (unpaired) electrons. The fourth-order valence-electron chi connectivity index (χ4n) is 4.12. The number of rotatable bonds is 5. The zero-order valence-corrected chi connectivity index (χ0v) is 19.1. The molecule has 0 aliphatic carbocycles. The van der Waals surface area contributed by atoms with Crippen molar-refractivity contribution in [1.82, 2.24) is 15.3 Å². The minimum Gasteiger partial charge on any atom is -0.478 e. The van der Waals surface area contributed by atoms with Gasteiger partial charge < -0.3 is 25.1 Å². The van der Waals surface area contributed by atoms with Crippen LogP contribution in [0.1, 0.15) is 18.6 Å². The maximum absolute atomic E-state index is 14.4. The van der Waals surface area contributed by atoms with Crippen LogP contribution in [0.4, 0.5) is 20.4 Å². The largest absolute Gasteiger partial charge is 0.478 e. The summed E-state index contributed by atoms with van der Waals surface area (Å²) in [6.45, 7) is 5.09. The van der Waals surface area contributed by atoms with Crippen LogP contribution >= 0.6 is 11.6 Å². The Hall–Kier alpha value is -3.43. The topological polar surface area (TPSA) is 89.4 Å². The highest BCUT2D eigenvalue weighted by Gasteiger charge is 2.24. The van der Waals surface area contributed by atoms with Crippen LogP contribution in [-0.2, 0) is 0 Å². The monoisotopic (exact) mass is 485 g/mol. The number of hydrogen-bond acceptors (Lipinski definition) is 7. The summed E-state index contributed by atoms with van der Waals surface area (Å²) in [6, 6.07) is 5.85. The second-order valence-electron chi connectivity index (χ2n) is 8.02. The Balaban J connectivity index is 1.51. The van der Waals surface area contributed by atoms with Gasteiger partial charge in [-0.1, -0.05) is 11.6 Å². The van der Waals surface area contributed by atoms with Gasteiger partial charge in [0.15, 0.2) is 11.4 Å². The third-order valence-electron chi connectivity index (χ3n) is 5.88. The number of nitrogens with zero attached hydrogens (tertiary/aromatic N) is 3. The number of nitrogens with one attached hydrogen (secondary N) is 1. The number of aromatic nitrogens is 2. The fourth-order valence-corrected chi connectivity index (χ4v) is 4.43. The lowest BCUT2D eigenvalue weighted by Crippen LogP contribution is -2.43. The zero-order chi connectivity index (χ0) is 23.8. The van der Waals surface area contributed by atoms with Gasteiger partial charge in [0.1, 0.15) is 23.6 Å². The number of nitrogens with two attached hydrogens (primary N) is 1. The molecule has 0 saturated carbocycles. The first-order valence-electron chi connectivity index (χ1n) is 10.8. The Morgan fingerprint density at radius 1 is 1.18 bits per heavy atom. The number of nitrogen functional groups attached to an aromatic ring is 1. The molecule has 10 heteroatoms. The van der Waals surface area contributed by atoms with Gasteiger partial charge in [-0.25, -0.2) is 18.7 Å². The summed E-state index contributed by atoms with van der Waals surface area (Å²) in [5.74, 6) is -0.360. The Kier molecular flexibility index (Phi) is 5.97. The van der Waals surface area contributed by atoms with E-state index in [0.717, 1.165) is 55.3 Å². The van der Waals surface area contributed by atoms with Crippen molar-refractivity contribution in [3.05, 3.63) is 65.1 Å². The predicted molar refractivity (Wildman–Crippen MR) is 127 cm³/mol. The number of pyridine rings is 2. The van der Waals surface area contributed by atoms with E-state index in [0.29, 0.717) is 11.0 Å². The molecule has 4 heterocycles. The van der Waals surface area contributed by atoms with E-state index in [1.165, 1.54) is 0 Å². The van der Waals surface area contributed by atoms with E-state index >= 15 is 0 Å². The highest BCUT2D eigenvalue weighted by molar-refractivity contribution is 6.31. The number of ether oxygens (including phenoxy) is 1. The molecule has 5 rings (SSSR count). The normalized spacial score (nSPS) is 15.0. The molecule has 0 spiro atoms. The number of furan rings is 1. The van der Waals surface area contributed by atoms with Crippen LogP contribution in [0.5, 0.6) is 5.75 Å². The average Bonchev–Trinajstić information content (AvgIpc) is 3.28. The third-order valence-corrected chi connectivity index (χ3v) is 6.26. The van der Waals surface area contributed by atoms with Gasteiger partial charge in [-0.05, 0) is 36.8 Å². The lowest BCUT2D eigenvalue weighted by atomic mass is 10.1. The van der Waals surface area contributed by atoms with Crippen LogP contribution in [0.15, 0.2) is 47.3 Å². The van der Waals surface area contributed by atoms with Crippen molar-refractivity contribution in [2.24, 2.45) is 0 Å². The molecular formula is C24H22ClF2N5O2. The second kappa shape index (κ2) is 9.08. The molecule has 1 aliphatic rings. The molecule has 1 aromatic carbocycles. The molecule has 3 N–H and O–H groups in total. The SMILES string of the molecule is C[C@@H](Oc1c(N)ncc2c(-c3ccnc(N4CCNCC4)c3)coc12)c1c(F)ccc(F)c1Cl. The van der Waals surface area contributed by atoms with Crippen LogP contribution in [0.3, 0.4) is 0 Å². The maximum Gasteiger partial charge on any atom is 0.205 e. The number of fused-ring (bicyclic) bond motifs is 1. The van der Waals surface area contributed by atoms with E-state index in [-0.39, 0.29) is 22.2 Å². The Labute approximate surface area is 199 Å². The maximum atomic E-state index is 14.4. The lowest BCUT2D eigenvalue weighted by Gasteiger charge is -2.28. The molecule has 176 valence electrons. The van der Waals surface area contributed by atoms with Crippen LogP contribution in [-0.4, -0.2) is 36.1 Å². The van der Waals surface area contributed by atoms with E-state index in [1.807, 2.05) is 12.1 Å². The zero-order valence-electron chi connectivity index (χ0n) is 18.3. The van der Waals surface area contributed by atoms with E-state index < -0.39 is 17.7 Å². The molecule has 1 atom stereocenters. The van der Waals surface area contributed by atoms with Crippen molar-refractivity contribution in [2.45, 2.75) is 13.0 Å². The van der Waals surface area contributed by atoms with Crippen LogP contribution in [0, 0.1) is 11.6 Å².